The van der Waals surface area contributed by atoms with Crippen LogP contribution in [0.25, 0.3) is 0 Å². The molecule has 0 saturated carbocycles. The Bertz CT molecular complexity index is 509. The Hall–Kier alpha value is -2.16. The van der Waals surface area contributed by atoms with Gasteiger partial charge in [-0.15, -0.1) is 0 Å². The molecule has 0 radical (unpaired) electrons. The molecule has 9 nitrogen and oxygen atoms in total. The third-order valence-electron chi connectivity index (χ3n) is 4.41. The van der Waals surface area contributed by atoms with Crippen LogP contribution in [0, 0.1) is 0 Å². The van der Waals surface area contributed by atoms with Gasteiger partial charge in [-0.2, -0.15) is 0 Å². The van der Waals surface area contributed by atoms with Crippen molar-refractivity contribution in [3.05, 3.63) is 0 Å². The van der Waals surface area contributed by atoms with E-state index in [1.807, 2.05) is 0 Å². The van der Waals surface area contributed by atoms with Crippen molar-refractivity contribution in [2.45, 2.75) is 96.6 Å². The minimum atomic E-state index is -1.22. The van der Waals surface area contributed by atoms with Crippen molar-refractivity contribution in [1.82, 2.24) is 5.32 Å². The predicted octanol–water partition coefficient (Wildman–Crippen LogP) is 1.73. The molecule has 0 heterocycles. The SMILES string of the molecule is CCCCCCCCCCCC(=O)OC[C@@H](O)COC(=O)[C@H](CC(N)=O)NC(C)=O. The predicted molar refractivity (Wildman–Crippen MR) is 111 cm³/mol. The molecule has 0 aromatic heterocycles. The molecule has 0 unspecified atom stereocenters. The van der Waals surface area contributed by atoms with E-state index in [9.17, 15) is 24.3 Å². The monoisotopic (exact) mass is 430 g/mol. The zero-order chi connectivity index (χ0) is 22.8. The number of rotatable bonds is 18. The summed E-state index contributed by atoms with van der Waals surface area (Å²) < 4.78 is 9.83. The molecule has 0 aliphatic carbocycles. The number of nitrogens with two attached hydrogens (primary N) is 1. The van der Waals surface area contributed by atoms with Gasteiger partial charge in [0.2, 0.25) is 11.8 Å². The summed E-state index contributed by atoms with van der Waals surface area (Å²) in [6, 6.07) is -1.22. The Balaban J connectivity index is 3.87. The lowest BCUT2D eigenvalue weighted by atomic mass is 10.1. The van der Waals surface area contributed by atoms with Crippen LogP contribution < -0.4 is 11.1 Å². The summed E-state index contributed by atoms with van der Waals surface area (Å²) in [5, 5.41) is 12.0. The molecule has 0 saturated heterocycles. The van der Waals surface area contributed by atoms with Crippen molar-refractivity contribution in [2.24, 2.45) is 5.73 Å². The van der Waals surface area contributed by atoms with Gasteiger partial charge >= 0.3 is 11.9 Å². The number of primary amides is 1. The number of nitrogens with one attached hydrogen (secondary N) is 1. The molecule has 2 amide bonds. The normalized spacial score (nSPS) is 12.6. The van der Waals surface area contributed by atoms with E-state index in [0.717, 1.165) is 19.3 Å². The molecule has 30 heavy (non-hydrogen) atoms. The molecule has 0 aromatic rings. The Kier molecular flexibility index (Phi) is 16.4. The molecule has 0 aliphatic rings. The third kappa shape index (κ3) is 16.8. The summed E-state index contributed by atoms with van der Waals surface area (Å²) in [4.78, 5) is 45.6. The Labute approximate surface area is 179 Å². The topological polar surface area (TPSA) is 145 Å². The van der Waals surface area contributed by atoms with E-state index in [1.54, 1.807) is 0 Å². The van der Waals surface area contributed by atoms with Crippen molar-refractivity contribution >= 4 is 23.8 Å². The maximum atomic E-state index is 11.9. The average molecular weight is 431 g/mol. The van der Waals surface area contributed by atoms with Crippen LogP contribution in [0.4, 0.5) is 0 Å². The zero-order valence-electron chi connectivity index (χ0n) is 18.3. The van der Waals surface area contributed by atoms with Crippen LogP contribution >= 0.6 is 0 Å². The van der Waals surface area contributed by atoms with Crippen molar-refractivity contribution in [3.63, 3.8) is 0 Å². The smallest absolute Gasteiger partial charge is 0.329 e. The third-order valence-corrected chi connectivity index (χ3v) is 4.41. The summed E-state index contributed by atoms with van der Waals surface area (Å²) in [6.07, 6.45) is 8.98. The fraction of sp³-hybridized carbons (Fsp3) is 0.810. The maximum Gasteiger partial charge on any atom is 0.329 e. The summed E-state index contributed by atoms with van der Waals surface area (Å²) in [5.74, 6) is -2.61. The highest BCUT2D eigenvalue weighted by Crippen LogP contribution is 2.10. The number of carbonyl (C=O) groups excluding carboxylic acids is 4. The standard InChI is InChI=1S/C21H38N2O7/c1-3-4-5-6-7-8-9-10-11-12-20(27)29-14-17(25)15-30-21(28)18(13-19(22)26)23-16(2)24/h17-18,25H,3-15H2,1-2H3,(H2,22,26)(H,23,24)/t17-,18+/m1/s1. The summed E-state index contributed by atoms with van der Waals surface area (Å²) >= 11 is 0. The van der Waals surface area contributed by atoms with Gasteiger partial charge in [-0.05, 0) is 6.42 Å². The van der Waals surface area contributed by atoms with Crippen molar-refractivity contribution in [1.29, 1.82) is 0 Å². The second-order valence-electron chi connectivity index (χ2n) is 7.47. The Morgan fingerprint density at radius 1 is 0.900 bits per heavy atom. The number of hydrogen-bond acceptors (Lipinski definition) is 7. The van der Waals surface area contributed by atoms with E-state index in [2.05, 4.69) is 12.2 Å². The number of hydrogen-bond donors (Lipinski definition) is 3. The van der Waals surface area contributed by atoms with E-state index >= 15 is 0 Å². The van der Waals surface area contributed by atoms with Gasteiger partial charge < -0.3 is 25.6 Å². The van der Waals surface area contributed by atoms with Gasteiger partial charge in [0.05, 0.1) is 6.42 Å². The summed E-state index contributed by atoms with van der Waals surface area (Å²) in [7, 11) is 0. The van der Waals surface area contributed by atoms with Gasteiger partial charge in [-0.1, -0.05) is 58.3 Å². The van der Waals surface area contributed by atoms with Crippen LogP contribution in [-0.2, 0) is 28.7 Å². The molecule has 9 heteroatoms. The molecular formula is C21H38N2O7. The molecule has 0 aromatic carbocycles. The number of amides is 2. The first kappa shape index (κ1) is 27.8. The van der Waals surface area contributed by atoms with Gasteiger partial charge in [0.15, 0.2) is 0 Å². The van der Waals surface area contributed by atoms with E-state index < -0.39 is 48.9 Å². The highest BCUT2D eigenvalue weighted by Gasteiger charge is 2.24. The molecule has 2 atom stereocenters. The van der Waals surface area contributed by atoms with E-state index in [0.29, 0.717) is 0 Å². The minimum Gasteiger partial charge on any atom is -0.463 e. The zero-order valence-corrected chi connectivity index (χ0v) is 18.3. The first-order chi connectivity index (χ1) is 14.3. The van der Waals surface area contributed by atoms with E-state index in [4.69, 9.17) is 15.2 Å². The number of esters is 2. The fourth-order valence-corrected chi connectivity index (χ4v) is 2.81. The van der Waals surface area contributed by atoms with Crippen molar-refractivity contribution < 1.29 is 33.8 Å². The molecule has 174 valence electrons. The van der Waals surface area contributed by atoms with Crippen LogP contribution in [0.15, 0.2) is 0 Å². The number of unbranched alkanes of at least 4 members (excludes halogenated alkanes) is 8. The van der Waals surface area contributed by atoms with Gasteiger partial charge in [-0.3, -0.25) is 14.4 Å². The highest BCUT2D eigenvalue weighted by molar-refractivity contribution is 5.88. The van der Waals surface area contributed by atoms with Gasteiger partial charge in [0, 0.05) is 13.3 Å². The van der Waals surface area contributed by atoms with Gasteiger partial charge in [0.25, 0.3) is 0 Å². The van der Waals surface area contributed by atoms with Crippen LogP contribution in [0.2, 0.25) is 0 Å². The second kappa shape index (κ2) is 17.7. The van der Waals surface area contributed by atoms with Crippen LogP contribution in [-0.4, -0.2) is 54.2 Å². The number of ether oxygens (including phenoxy) is 2. The number of aliphatic hydroxyl groups is 1. The van der Waals surface area contributed by atoms with Crippen LogP contribution in [0.1, 0.15) is 84.5 Å². The quantitative estimate of drug-likeness (QED) is 0.222. The lowest BCUT2D eigenvalue weighted by Gasteiger charge is -2.17. The molecule has 0 aliphatic heterocycles. The largest absolute Gasteiger partial charge is 0.463 e. The number of carbonyl (C=O) groups is 4. The van der Waals surface area contributed by atoms with Gasteiger partial charge in [0.1, 0.15) is 25.4 Å². The summed E-state index contributed by atoms with van der Waals surface area (Å²) in [5.41, 5.74) is 5.03. The lowest BCUT2D eigenvalue weighted by Crippen LogP contribution is -2.44. The Morgan fingerprint density at radius 3 is 1.97 bits per heavy atom. The molecule has 0 rings (SSSR count). The Morgan fingerprint density at radius 2 is 1.43 bits per heavy atom. The second-order valence-corrected chi connectivity index (χ2v) is 7.47. The fourth-order valence-electron chi connectivity index (χ4n) is 2.81. The van der Waals surface area contributed by atoms with E-state index in [-0.39, 0.29) is 13.0 Å². The van der Waals surface area contributed by atoms with E-state index in [1.165, 1.54) is 45.4 Å². The lowest BCUT2D eigenvalue weighted by molar-refractivity contribution is -0.155. The average Bonchev–Trinajstić information content (AvgIpc) is 2.68. The first-order valence-electron chi connectivity index (χ1n) is 10.8. The highest BCUT2D eigenvalue weighted by atomic mass is 16.6. The van der Waals surface area contributed by atoms with Gasteiger partial charge in [-0.25, -0.2) is 4.79 Å². The molecule has 0 spiro atoms. The first-order valence-corrected chi connectivity index (χ1v) is 10.8. The molecule has 0 fully saturated rings. The molecule has 0 bridgehead atoms. The molecule has 4 N–H and O–H groups in total. The molecular weight excluding hydrogens is 392 g/mol. The van der Waals surface area contributed by atoms with Crippen molar-refractivity contribution in [3.8, 4) is 0 Å². The maximum absolute atomic E-state index is 11.9. The summed E-state index contributed by atoms with van der Waals surface area (Å²) in [6.45, 7) is 2.65. The number of aliphatic hydroxyl groups excluding tert-OH is 1. The van der Waals surface area contributed by atoms with Crippen molar-refractivity contribution in [2.75, 3.05) is 13.2 Å². The minimum absolute atomic E-state index is 0.283. The van der Waals surface area contributed by atoms with Crippen LogP contribution in [0.5, 0.6) is 0 Å². The van der Waals surface area contributed by atoms with Crippen LogP contribution in [0.3, 0.4) is 0 Å².